The fraction of sp³-hybridized carbons (Fsp3) is 0.250. The van der Waals surface area contributed by atoms with Gasteiger partial charge in [-0.1, -0.05) is 24.3 Å². The number of aromatic nitrogens is 3. The van der Waals surface area contributed by atoms with Gasteiger partial charge in [0, 0.05) is 36.1 Å². The second-order valence-corrected chi connectivity index (χ2v) is 6.10. The van der Waals surface area contributed by atoms with E-state index in [1.165, 1.54) is 0 Å². The van der Waals surface area contributed by atoms with Crippen molar-refractivity contribution < 1.29 is 0 Å². The van der Waals surface area contributed by atoms with E-state index in [0.29, 0.717) is 19.0 Å². The van der Waals surface area contributed by atoms with E-state index in [2.05, 4.69) is 27.3 Å². The van der Waals surface area contributed by atoms with Gasteiger partial charge in [0.15, 0.2) is 5.96 Å². The molecule has 2 aromatic heterocycles. The number of nitrogens with one attached hydrogen (secondary N) is 1. The largest absolute Gasteiger partial charge is 0.370 e. The highest BCUT2D eigenvalue weighted by molar-refractivity contribution is 5.77. The lowest BCUT2D eigenvalue weighted by atomic mass is 10.2. The first-order chi connectivity index (χ1) is 12.6. The summed E-state index contributed by atoms with van der Waals surface area (Å²) in [6.07, 6.45) is 2.60. The number of aliphatic imine (C=N–C) groups is 1. The van der Waals surface area contributed by atoms with Crippen molar-refractivity contribution in [3.63, 3.8) is 0 Å². The van der Waals surface area contributed by atoms with Crippen LogP contribution in [0, 0.1) is 13.8 Å². The topological polar surface area (TPSA) is 81.1 Å². The van der Waals surface area contributed by atoms with Gasteiger partial charge in [-0.2, -0.15) is 5.10 Å². The molecule has 0 radical (unpaired) electrons. The fourth-order valence-electron chi connectivity index (χ4n) is 2.81. The van der Waals surface area contributed by atoms with Crippen LogP contribution >= 0.6 is 0 Å². The molecular formula is C20H24N6. The molecule has 0 fully saturated rings. The van der Waals surface area contributed by atoms with Gasteiger partial charge in [-0.25, -0.2) is 9.67 Å². The molecule has 2 heterocycles. The predicted molar refractivity (Wildman–Crippen MR) is 104 cm³/mol. The Morgan fingerprint density at radius 2 is 1.88 bits per heavy atom. The van der Waals surface area contributed by atoms with E-state index in [9.17, 15) is 0 Å². The van der Waals surface area contributed by atoms with Crippen LogP contribution in [-0.4, -0.2) is 27.3 Å². The molecule has 0 amide bonds. The standard InChI is InChI=1S/C20H24N6/c1-15-19(16(2)26(25-15)18-9-4-3-5-10-18)14-24-20(21)23-13-11-17-8-6-7-12-22-17/h3-10,12H,11,13-14H2,1-2H3,(H3,21,23,24). The minimum atomic E-state index is 0.437. The summed E-state index contributed by atoms with van der Waals surface area (Å²) in [7, 11) is 0. The van der Waals surface area contributed by atoms with Crippen LogP contribution in [0.15, 0.2) is 59.7 Å². The number of rotatable bonds is 6. The average molecular weight is 348 g/mol. The van der Waals surface area contributed by atoms with Crippen molar-refractivity contribution in [2.45, 2.75) is 26.8 Å². The Hall–Kier alpha value is -3.15. The van der Waals surface area contributed by atoms with Gasteiger partial charge in [-0.15, -0.1) is 0 Å². The van der Waals surface area contributed by atoms with Crippen LogP contribution in [-0.2, 0) is 13.0 Å². The first kappa shape index (κ1) is 17.7. The summed E-state index contributed by atoms with van der Waals surface area (Å²) in [5.74, 6) is 0.437. The Morgan fingerprint density at radius 1 is 1.12 bits per heavy atom. The van der Waals surface area contributed by atoms with Crippen molar-refractivity contribution in [1.29, 1.82) is 0 Å². The maximum atomic E-state index is 6.00. The number of nitrogens with zero attached hydrogens (tertiary/aromatic N) is 4. The summed E-state index contributed by atoms with van der Waals surface area (Å²) in [5, 5.41) is 7.78. The highest BCUT2D eigenvalue weighted by Crippen LogP contribution is 2.18. The number of para-hydroxylation sites is 1. The zero-order chi connectivity index (χ0) is 18.4. The van der Waals surface area contributed by atoms with Crippen molar-refractivity contribution in [2.24, 2.45) is 10.7 Å². The summed E-state index contributed by atoms with van der Waals surface area (Å²) >= 11 is 0. The van der Waals surface area contributed by atoms with E-state index in [0.717, 1.165) is 34.8 Å². The molecule has 3 rings (SSSR count). The maximum absolute atomic E-state index is 6.00. The van der Waals surface area contributed by atoms with Crippen LogP contribution in [0.3, 0.4) is 0 Å². The zero-order valence-corrected chi connectivity index (χ0v) is 15.2. The van der Waals surface area contributed by atoms with Gasteiger partial charge in [0.25, 0.3) is 0 Å². The second-order valence-electron chi connectivity index (χ2n) is 6.10. The van der Waals surface area contributed by atoms with E-state index in [1.807, 2.05) is 60.1 Å². The number of aryl methyl sites for hydroxylation is 1. The Morgan fingerprint density at radius 3 is 2.62 bits per heavy atom. The van der Waals surface area contributed by atoms with Crippen molar-refractivity contribution in [3.05, 3.63) is 77.4 Å². The van der Waals surface area contributed by atoms with E-state index >= 15 is 0 Å². The molecule has 3 N–H and O–H groups in total. The Labute approximate surface area is 153 Å². The third kappa shape index (κ3) is 4.27. The SMILES string of the molecule is Cc1nn(-c2ccccc2)c(C)c1CN=C(N)NCCc1ccccn1. The van der Waals surface area contributed by atoms with E-state index in [1.54, 1.807) is 6.20 Å². The van der Waals surface area contributed by atoms with Crippen molar-refractivity contribution in [2.75, 3.05) is 6.54 Å². The molecule has 0 atom stereocenters. The predicted octanol–water partition coefficient (Wildman–Crippen LogP) is 2.53. The average Bonchev–Trinajstić information content (AvgIpc) is 2.95. The van der Waals surface area contributed by atoms with Crippen LogP contribution < -0.4 is 11.1 Å². The number of pyridine rings is 1. The quantitative estimate of drug-likeness (QED) is 0.530. The molecule has 0 aliphatic rings. The minimum absolute atomic E-state index is 0.437. The lowest BCUT2D eigenvalue weighted by Gasteiger charge is -2.06. The molecule has 6 heteroatoms. The van der Waals surface area contributed by atoms with E-state index < -0.39 is 0 Å². The number of hydrogen-bond acceptors (Lipinski definition) is 3. The van der Waals surface area contributed by atoms with Crippen molar-refractivity contribution in [1.82, 2.24) is 20.1 Å². The summed E-state index contributed by atoms with van der Waals surface area (Å²) < 4.78 is 1.95. The number of benzene rings is 1. The van der Waals surface area contributed by atoms with E-state index in [-0.39, 0.29) is 0 Å². The molecular weight excluding hydrogens is 324 g/mol. The Kier molecular flexibility index (Phi) is 5.63. The summed E-state index contributed by atoms with van der Waals surface area (Å²) in [5.41, 5.74) is 11.2. The normalized spacial score (nSPS) is 11.5. The molecule has 1 aromatic carbocycles. The fourth-order valence-corrected chi connectivity index (χ4v) is 2.81. The molecule has 3 aromatic rings. The summed E-state index contributed by atoms with van der Waals surface area (Å²) in [4.78, 5) is 8.76. The van der Waals surface area contributed by atoms with Gasteiger partial charge in [0.2, 0.25) is 0 Å². The molecule has 0 saturated carbocycles. The lowest BCUT2D eigenvalue weighted by Crippen LogP contribution is -2.33. The number of guanidine groups is 1. The van der Waals surface area contributed by atoms with Crippen LogP contribution in [0.1, 0.15) is 22.6 Å². The monoisotopic (exact) mass is 348 g/mol. The first-order valence-corrected chi connectivity index (χ1v) is 8.69. The van der Waals surface area contributed by atoms with Gasteiger partial charge in [0.05, 0.1) is 17.9 Å². The first-order valence-electron chi connectivity index (χ1n) is 8.69. The highest BCUT2D eigenvalue weighted by atomic mass is 15.3. The third-order valence-corrected chi connectivity index (χ3v) is 4.26. The maximum Gasteiger partial charge on any atom is 0.188 e. The van der Waals surface area contributed by atoms with E-state index in [4.69, 9.17) is 5.73 Å². The zero-order valence-electron chi connectivity index (χ0n) is 15.2. The lowest BCUT2D eigenvalue weighted by molar-refractivity contribution is 0.825. The van der Waals surface area contributed by atoms with Gasteiger partial charge in [-0.05, 0) is 38.1 Å². The molecule has 0 bridgehead atoms. The van der Waals surface area contributed by atoms with Crippen molar-refractivity contribution in [3.8, 4) is 5.69 Å². The molecule has 0 spiro atoms. The Bertz CT molecular complexity index is 868. The number of hydrogen-bond donors (Lipinski definition) is 2. The van der Waals surface area contributed by atoms with Gasteiger partial charge < -0.3 is 11.1 Å². The number of nitrogens with two attached hydrogens (primary N) is 1. The van der Waals surface area contributed by atoms with Crippen LogP contribution in [0.2, 0.25) is 0 Å². The molecule has 0 aliphatic carbocycles. The molecule has 0 saturated heterocycles. The molecule has 26 heavy (non-hydrogen) atoms. The van der Waals surface area contributed by atoms with Crippen molar-refractivity contribution >= 4 is 5.96 Å². The van der Waals surface area contributed by atoms with Gasteiger partial charge in [0.1, 0.15) is 0 Å². The minimum Gasteiger partial charge on any atom is -0.370 e. The smallest absolute Gasteiger partial charge is 0.188 e. The highest BCUT2D eigenvalue weighted by Gasteiger charge is 2.12. The second kappa shape index (κ2) is 8.29. The molecule has 0 aliphatic heterocycles. The Balaban J connectivity index is 1.62. The van der Waals surface area contributed by atoms with Crippen LogP contribution in [0.5, 0.6) is 0 Å². The van der Waals surface area contributed by atoms with Gasteiger partial charge >= 0.3 is 0 Å². The van der Waals surface area contributed by atoms with Gasteiger partial charge in [-0.3, -0.25) is 4.98 Å². The molecule has 134 valence electrons. The summed E-state index contributed by atoms with van der Waals surface area (Å²) in [6, 6.07) is 16.0. The van der Waals surface area contributed by atoms with Crippen LogP contribution in [0.25, 0.3) is 5.69 Å². The summed E-state index contributed by atoms with van der Waals surface area (Å²) in [6.45, 7) is 5.27. The molecule has 6 nitrogen and oxygen atoms in total. The third-order valence-electron chi connectivity index (χ3n) is 4.26. The van der Waals surface area contributed by atoms with Crippen LogP contribution in [0.4, 0.5) is 0 Å². The molecule has 0 unspecified atom stereocenters.